The number of aromatic amines is 1. The maximum Gasteiger partial charge on any atom is 0.236 e. The Hall–Kier alpha value is -3.37. The molecule has 0 fully saturated rings. The smallest absolute Gasteiger partial charge is 0.236 e. The predicted molar refractivity (Wildman–Crippen MR) is 131 cm³/mol. The minimum atomic E-state index is -0.183. The first-order valence-electron chi connectivity index (χ1n) is 10.2. The Morgan fingerprint density at radius 1 is 1.12 bits per heavy atom. The van der Waals surface area contributed by atoms with Crippen molar-refractivity contribution >= 4 is 34.1 Å². The molecule has 1 amide bonds. The van der Waals surface area contributed by atoms with Gasteiger partial charge in [0, 0.05) is 16.5 Å². The lowest BCUT2D eigenvalue weighted by Crippen LogP contribution is -2.13. The standard InChI is InChI=1S/C23H23N5O3S2/c1-4-14-5-7-15(8-6-14)21-26-23(28-27-21)33-13-20(29)25-22-24-18(12-32-22)17-11-16(30-2)9-10-19(17)31-3/h5-12H,4,13H2,1-3H3,(H,24,25,29)(H,26,27,28). The molecule has 4 aromatic rings. The molecule has 0 atom stereocenters. The molecule has 8 nitrogen and oxygen atoms in total. The van der Waals surface area contributed by atoms with Crippen LogP contribution in [0.4, 0.5) is 5.13 Å². The molecule has 2 aromatic heterocycles. The number of amides is 1. The molecule has 0 saturated heterocycles. The predicted octanol–water partition coefficient (Wildman–Crippen LogP) is 4.91. The highest BCUT2D eigenvalue weighted by Crippen LogP contribution is 2.35. The molecule has 0 spiro atoms. The van der Waals surface area contributed by atoms with E-state index >= 15 is 0 Å². The SMILES string of the molecule is CCc1ccc(-c2nc(SCC(=O)Nc3nc(-c4cc(OC)ccc4OC)cs3)n[nH]2)cc1. The molecular formula is C23H23N5O3S2. The van der Waals surface area contributed by atoms with Gasteiger partial charge >= 0.3 is 0 Å². The topological polar surface area (TPSA) is 102 Å². The highest BCUT2D eigenvalue weighted by Gasteiger charge is 2.14. The Kier molecular flexibility index (Phi) is 7.26. The number of aromatic nitrogens is 4. The summed E-state index contributed by atoms with van der Waals surface area (Å²) < 4.78 is 10.7. The van der Waals surface area contributed by atoms with Crippen molar-refractivity contribution in [2.75, 3.05) is 25.3 Å². The first kappa shape index (κ1) is 22.8. The van der Waals surface area contributed by atoms with Gasteiger partial charge in [-0.15, -0.1) is 16.4 Å². The van der Waals surface area contributed by atoms with E-state index in [1.54, 1.807) is 14.2 Å². The van der Waals surface area contributed by atoms with Crippen molar-refractivity contribution in [3.8, 4) is 34.1 Å². The molecule has 0 unspecified atom stereocenters. The maximum atomic E-state index is 12.4. The molecule has 0 aliphatic rings. The summed E-state index contributed by atoms with van der Waals surface area (Å²) in [6.07, 6.45) is 0.987. The van der Waals surface area contributed by atoms with Crippen LogP contribution >= 0.6 is 23.1 Å². The van der Waals surface area contributed by atoms with E-state index in [0.717, 1.165) is 17.5 Å². The number of hydrogen-bond donors (Lipinski definition) is 2. The molecule has 170 valence electrons. The highest BCUT2D eigenvalue weighted by molar-refractivity contribution is 7.99. The summed E-state index contributed by atoms with van der Waals surface area (Å²) in [5.41, 5.74) is 3.72. The number of hydrogen-bond acceptors (Lipinski definition) is 8. The minimum absolute atomic E-state index is 0.170. The molecule has 0 saturated carbocycles. The molecule has 2 aromatic carbocycles. The number of nitrogens with one attached hydrogen (secondary N) is 2. The second-order valence-corrected chi connectivity index (χ2v) is 8.76. The Balaban J connectivity index is 1.36. The van der Waals surface area contributed by atoms with Gasteiger partial charge in [0.25, 0.3) is 0 Å². The quantitative estimate of drug-likeness (QED) is 0.328. The number of rotatable bonds is 9. The summed E-state index contributed by atoms with van der Waals surface area (Å²) in [7, 11) is 3.21. The molecule has 2 heterocycles. The lowest BCUT2D eigenvalue weighted by atomic mass is 10.1. The second kappa shape index (κ2) is 10.5. The summed E-state index contributed by atoms with van der Waals surface area (Å²) in [6.45, 7) is 2.12. The van der Waals surface area contributed by atoms with Crippen LogP contribution in [0, 0.1) is 0 Å². The number of thioether (sulfide) groups is 1. The molecule has 2 N–H and O–H groups in total. The van der Waals surface area contributed by atoms with Gasteiger partial charge in [0.15, 0.2) is 11.0 Å². The fourth-order valence-corrected chi connectivity index (χ4v) is 4.42. The second-order valence-electron chi connectivity index (χ2n) is 6.96. The zero-order valence-electron chi connectivity index (χ0n) is 18.4. The molecular weight excluding hydrogens is 458 g/mol. The van der Waals surface area contributed by atoms with Crippen LogP contribution in [-0.2, 0) is 11.2 Å². The first-order valence-corrected chi connectivity index (χ1v) is 12.1. The highest BCUT2D eigenvalue weighted by atomic mass is 32.2. The van der Waals surface area contributed by atoms with Crippen molar-refractivity contribution in [3.63, 3.8) is 0 Å². The number of aryl methyl sites for hydroxylation is 1. The van der Waals surface area contributed by atoms with Gasteiger partial charge in [0.1, 0.15) is 11.5 Å². The largest absolute Gasteiger partial charge is 0.497 e. The third-order valence-corrected chi connectivity index (χ3v) is 6.47. The number of carbonyl (C=O) groups is 1. The fourth-order valence-electron chi connectivity index (χ4n) is 3.09. The van der Waals surface area contributed by atoms with E-state index < -0.39 is 0 Å². The molecule has 4 rings (SSSR count). The maximum absolute atomic E-state index is 12.4. The lowest BCUT2D eigenvalue weighted by Gasteiger charge is -2.08. The third-order valence-electron chi connectivity index (χ3n) is 4.87. The third kappa shape index (κ3) is 5.52. The van der Waals surface area contributed by atoms with Crippen LogP contribution in [0.2, 0.25) is 0 Å². The van der Waals surface area contributed by atoms with Crippen molar-refractivity contribution in [2.45, 2.75) is 18.5 Å². The van der Waals surface area contributed by atoms with Crippen molar-refractivity contribution in [1.29, 1.82) is 0 Å². The number of carbonyl (C=O) groups excluding carboxylic acids is 1. The van der Waals surface area contributed by atoms with E-state index in [1.165, 1.54) is 28.7 Å². The van der Waals surface area contributed by atoms with E-state index in [-0.39, 0.29) is 11.7 Å². The Labute approximate surface area is 199 Å². The van der Waals surface area contributed by atoms with Crippen molar-refractivity contribution < 1.29 is 14.3 Å². The van der Waals surface area contributed by atoms with Crippen molar-refractivity contribution in [3.05, 3.63) is 53.4 Å². The summed E-state index contributed by atoms with van der Waals surface area (Å²) in [4.78, 5) is 21.4. The van der Waals surface area contributed by atoms with Crippen LogP contribution in [0.15, 0.2) is 53.0 Å². The van der Waals surface area contributed by atoms with Gasteiger partial charge in [-0.25, -0.2) is 9.97 Å². The van der Waals surface area contributed by atoms with Crippen LogP contribution in [0.25, 0.3) is 22.6 Å². The molecule has 0 radical (unpaired) electrons. The van der Waals surface area contributed by atoms with E-state index in [4.69, 9.17) is 9.47 Å². The number of ether oxygens (including phenoxy) is 2. The van der Waals surface area contributed by atoms with E-state index in [2.05, 4.69) is 44.5 Å². The number of methoxy groups -OCH3 is 2. The molecule has 10 heteroatoms. The van der Waals surface area contributed by atoms with Gasteiger partial charge in [-0.2, -0.15) is 0 Å². The minimum Gasteiger partial charge on any atom is -0.497 e. The van der Waals surface area contributed by atoms with Gasteiger partial charge in [0.2, 0.25) is 11.1 Å². The van der Waals surface area contributed by atoms with E-state index in [9.17, 15) is 4.79 Å². The number of benzene rings is 2. The van der Waals surface area contributed by atoms with Crippen molar-refractivity contribution in [2.24, 2.45) is 0 Å². The van der Waals surface area contributed by atoms with Gasteiger partial charge in [-0.05, 0) is 30.2 Å². The van der Waals surface area contributed by atoms with Crippen LogP contribution < -0.4 is 14.8 Å². The molecule has 0 bridgehead atoms. The van der Waals surface area contributed by atoms with Gasteiger partial charge in [-0.1, -0.05) is 43.0 Å². The van der Waals surface area contributed by atoms with E-state index in [0.29, 0.717) is 33.3 Å². The van der Waals surface area contributed by atoms with Gasteiger partial charge in [0.05, 0.1) is 25.7 Å². The average molecular weight is 482 g/mol. The normalized spacial score (nSPS) is 10.8. The first-order chi connectivity index (χ1) is 16.1. The Morgan fingerprint density at radius 3 is 2.67 bits per heavy atom. The summed E-state index contributed by atoms with van der Waals surface area (Å²) >= 11 is 2.61. The zero-order valence-corrected chi connectivity index (χ0v) is 20.0. The van der Waals surface area contributed by atoms with Gasteiger partial charge < -0.3 is 14.8 Å². The summed E-state index contributed by atoms with van der Waals surface area (Å²) in [6, 6.07) is 13.7. The lowest BCUT2D eigenvalue weighted by molar-refractivity contribution is -0.113. The number of anilines is 1. The molecule has 0 aliphatic carbocycles. The summed E-state index contributed by atoms with van der Waals surface area (Å²) in [5, 5.41) is 12.8. The zero-order chi connectivity index (χ0) is 23.2. The number of nitrogens with zero attached hydrogens (tertiary/aromatic N) is 3. The van der Waals surface area contributed by atoms with Gasteiger partial charge in [-0.3, -0.25) is 9.89 Å². The Bertz CT molecular complexity index is 1240. The number of H-pyrrole nitrogens is 1. The van der Waals surface area contributed by atoms with Crippen LogP contribution in [0.3, 0.4) is 0 Å². The fraction of sp³-hybridized carbons (Fsp3) is 0.217. The number of thiazole rings is 1. The van der Waals surface area contributed by atoms with Crippen LogP contribution in [0.1, 0.15) is 12.5 Å². The monoisotopic (exact) mass is 481 g/mol. The van der Waals surface area contributed by atoms with E-state index in [1.807, 2.05) is 35.7 Å². The van der Waals surface area contributed by atoms with Crippen LogP contribution in [-0.4, -0.2) is 46.0 Å². The summed E-state index contributed by atoms with van der Waals surface area (Å²) in [5.74, 6) is 2.05. The molecule has 33 heavy (non-hydrogen) atoms. The Morgan fingerprint density at radius 2 is 1.94 bits per heavy atom. The van der Waals surface area contributed by atoms with Crippen LogP contribution in [0.5, 0.6) is 11.5 Å². The average Bonchev–Trinajstić information content (AvgIpc) is 3.52. The van der Waals surface area contributed by atoms with Crippen molar-refractivity contribution in [1.82, 2.24) is 20.2 Å². The molecule has 0 aliphatic heterocycles.